The maximum absolute atomic E-state index is 12.5. The minimum absolute atomic E-state index is 0.181. The molecule has 0 aromatic heterocycles. The number of allylic oxidation sites excluding steroid dienone is 1. The van der Waals surface area contributed by atoms with Gasteiger partial charge in [-0.15, -0.1) is 0 Å². The number of hydrogen-bond donors (Lipinski definition) is 3. The van der Waals surface area contributed by atoms with Gasteiger partial charge in [0.1, 0.15) is 5.75 Å². The summed E-state index contributed by atoms with van der Waals surface area (Å²) < 4.78 is 21.1. The number of nitrogens with zero attached hydrogens (tertiary/aromatic N) is 1. The fourth-order valence-corrected chi connectivity index (χ4v) is 3.55. The summed E-state index contributed by atoms with van der Waals surface area (Å²) in [5.41, 5.74) is 4.24. The monoisotopic (exact) mass is 524 g/mol. The van der Waals surface area contributed by atoms with Crippen molar-refractivity contribution >= 4 is 30.1 Å². The Bertz CT molecular complexity index is 1270. The van der Waals surface area contributed by atoms with Crippen LogP contribution < -0.4 is 30.3 Å². The Hall–Kier alpha value is -4.87. The van der Waals surface area contributed by atoms with Gasteiger partial charge in [0, 0.05) is 12.6 Å². The van der Waals surface area contributed by atoms with E-state index in [4.69, 9.17) is 18.9 Å². The molecule has 3 amide bonds. The van der Waals surface area contributed by atoms with Crippen LogP contribution in [0.3, 0.4) is 0 Å². The molecule has 1 heterocycles. The minimum Gasteiger partial charge on any atom is -0.493 e. The highest BCUT2D eigenvalue weighted by Crippen LogP contribution is 2.34. The van der Waals surface area contributed by atoms with E-state index < -0.39 is 29.9 Å². The smallest absolute Gasteiger partial charge is 0.338 e. The predicted molar refractivity (Wildman–Crippen MR) is 136 cm³/mol. The first-order valence-corrected chi connectivity index (χ1v) is 11.6. The molecule has 0 saturated heterocycles. The second-order valence-electron chi connectivity index (χ2n) is 7.95. The van der Waals surface area contributed by atoms with E-state index in [1.54, 1.807) is 56.3 Å². The Morgan fingerprint density at radius 1 is 1.11 bits per heavy atom. The van der Waals surface area contributed by atoms with Gasteiger partial charge in [0.2, 0.25) is 0 Å². The third kappa shape index (κ3) is 7.32. The van der Waals surface area contributed by atoms with Crippen LogP contribution in [0.5, 0.6) is 17.2 Å². The van der Waals surface area contributed by atoms with Gasteiger partial charge in [-0.2, -0.15) is 5.10 Å². The second-order valence-corrected chi connectivity index (χ2v) is 7.95. The maximum Gasteiger partial charge on any atom is 0.338 e. The highest BCUT2D eigenvalue weighted by atomic mass is 16.5. The highest BCUT2D eigenvalue weighted by molar-refractivity contribution is 5.95. The number of carbonyl (C=O) groups excluding carboxylic acids is 4. The van der Waals surface area contributed by atoms with Gasteiger partial charge < -0.3 is 29.6 Å². The maximum atomic E-state index is 12.5. The summed E-state index contributed by atoms with van der Waals surface area (Å²) in [5, 5.41) is 9.17. The van der Waals surface area contributed by atoms with E-state index in [1.807, 2.05) is 0 Å². The third-order valence-electron chi connectivity index (χ3n) is 5.19. The van der Waals surface area contributed by atoms with Gasteiger partial charge in [0.25, 0.3) is 5.91 Å². The van der Waals surface area contributed by atoms with E-state index in [0.29, 0.717) is 28.3 Å². The number of nitrogens with one attached hydrogen (secondary N) is 3. The molecule has 38 heavy (non-hydrogen) atoms. The van der Waals surface area contributed by atoms with Crippen molar-refractivity contribution < 1.29 is 38.1 Å². The molecule has 0 fully saturated rings. The van der Waals surface area contributed by atoms with Crippen LogP contribution in [0.15, 0.2) is 58.8 Å². The Kier molecular flexibility index (Phi) is 9.41. The largest absolute Gasteiger partial charge is 0.493 e. The zero-order chi connectivity index (χ0) is 27.7. The van der Waals surface area contributed by atoms with Crippen molar-refractivity contribution in [1.29, 1.82) is 0 Å². The average Bonchev–Trinajstić information content (AvgIpc) is 2.87. The van der Waals surface area contributed by atoms with Crippen molar-refractivity contribution in [3.05, 3.63) is 64.9 Å². The number of urea groups is 1. The zero-order valence-corrected chi connectivity index (χ0v) is 21.3. The zero-order valence-electron chi connectivity index (χ0n) is 21.3. The SMILES string of the molecule is CCOC(=O)C1=C(C)NC(=O)N[C@@H]1c1ccc(OCC(=O)N/N=C/c2ccc(OC(C)=O)cc2)c(OC)c1. The topological polar surface area (TPSA) is 154 Å². The fourth-order valence-electron chi connectivity index (χ4n) is 3.55. The van der Waals surface area contributed by atoms with Gasteiger partial charge in [-0.05, 0) is 61.4 Å². The molecule has 0 aliphatic carbocycles. The molecular formula is C26H28N4O8. The lowest BCUT2D eigenvalue weighted by molar-refractivity contribution is -0.139. The number of hydrogen-bond acceptors (Lipinski definition) is 9. The van der Waals surface area contributed by atoms with Gasteiger partial charge in [0.15, 0.2) is 18.1 Å². The van der Waals surface area contributed by atoms with Gasteiger partial charge in [-0.25, -0.2) is 15.0 Å². The Morgan fingerprint density at radius 3 is 2.50 bits per heavy atom. The van der Waals surface area contributed by atoms with Crippen molar-refractivity contribution in [2.24, 2.45) is 5.10 Å². The van der Waals surface area contributed by atoms with Crippen LogP contribution in [-0.2, 0) is 19.1 Å². The van der Waals surface area contributed by atoms with Crippen LogP contribution in [0.2, 0.25) is 0 Å². The Balaban J connectivity index is 1.64. The summed E-state index contributed by atoms with van der Waals surface area (Å²) in [6.45, 7) is 4.45. The number of methoxy groups -OCH3 is 1. The van der Waals surface area contributed by atoms with Gasteiger partial charge >= 0.3 is 18.0 Å². The molecule has 1 atom stereocenters. The third-order valence-corrected chi connectivity index (χ3v) is 5.19. The fraction of sp³-hybridized carbons (Fsp3) is 0.269. The van der Waals surface area contributed by atoms with Crippen molar-refractivity contribution in [3.8, 4) is 17.2 Å². The van der Waals surface area contributed by atoms with Crippen molar-refractivity contribution in [1.82, 2.24) is 16.1 Å². The van der Waals surface area contributed by atoms with Gasteiger partial charge in [-0.3, -0.25) is 9.59 Å². The van der Waals surface area contributed by atoms with Gasteiger partial charge in [-0.1, -0.05) is 6.07 Å². The van der Waals surface area contributed by atoms with Crippen LogP contribution in [0.1, 0.15) is 37.9 Å². The molecule has 0 unspecified atom stereocenters. The Labute approximate surface area is 219 Å². The van der Waals surface area contributed by atoms with E-state index in [-0.39, 0.29) is 24.5 Å². The first-order valence-electron chi connectivity index (χ1n) is 11.6. The first-order chi connectivity index (χ1) is 18.2. The van der Waals surface area contributed by atoms with Crippen LogP contribution >= 0.6 is 0 Å². The van der Waals surface area contributed by atoms with Crippen LogP contribution in [0.4, 0.5) is 4.79 Å². The number of rotatable bonds is 10. The van der Waals surface area contributed by atoms with E-state index in [0.717, 1.165) is 0 Å². The standard InChI is InChI=1S/C26H28N4O8/c1-5-36-25(33)23-15(2)28-26(34)29-24(23)18-8-11-20(21(12-18)35-4)37-14-22(32)30-27-13-17-6-9-19(10-7-17)38-16(3)31/h6-13,24H,5,14H2,1-4H3,(H,30,32)(H2,28,29,34)/b27-13+/t24-/m1/s1. The van der Waals surface area contributed by atoms with E-state index >= 15 is 0 Å². The van der Waals surface area contributed by atoms with E-state index in [1.165, 1.54) is 20.2 Å². The number of esters is 2. The quantitative estimate of drug-likeness (QED) is 0.185. The second kappa shape index (κ2) is 12.9. The molecule has 2 aromatic carbocycles. The summed E-state index contributed by atoms with van der Waals surface area (Å²) in [6, 6.07) is 10.1. The number of amides is 3. The molecule has 1 aliphatic rings. The molecule has 0 bridgehead atoms. The van der Waals surface area contributed by atoms with Gasteiger partial charge in [0.05, 0.1) is 31.5 Å². The summed E-state index contributed by atoms with van der Waals surface area (Å²) in [4.78, 5) is 47.8. The van der Waals surface area contributed by atoms with Crippen LogP contribution in [0.25, 0.3) is 0 Å². The molecule has 12 heteroatoms. The molecule has 12 nitrogen and oxygen atoms in total. The molecule has 2 aromatic rings. The summed E-state index contributed by atoms with van der Waals surface area (Å²) in [7, 11) is 1.43. The highest BCUT2D eigenvalue weighted by Gasteiger charge is 2.32. The first kappa shape index (κ1) is 27.7. The molecule has 0 radical (unpaired) electrons. The molecule has 0 saturated carbocycles. The lowest BCUT2D eigenvalue weighted by atomic mass is 9.95. The number of ether oxygens (including phenoxy) is 4. The van der Waals surface area contributed by atoms with E-state index in [2.05, 4.69) is 21.2 Å². The van der Waals surface area contributed by atoms with Crippen molar-refractivity contribution in [2.45, 2.75) is 26.8 Å². The average molecular weight is 525 g/mol. The number of benzene rings is 2. The minimum atomic E-state index is -0.772. The van der Waals surface area contributed by atoms with Crippen molar-refractivity contribution in [3.63, 3.8) is 0 Å². The predicted octanol–water partition coefficient (Wildman–Crippen LogP) is 2.34. The molecule has 3 rings (SSSR count). The Morgan fingerprint density at radius 2 is 1.84 bits per heavy atom. The lowest BCUT2D eigenvalue weighted by Gasteiger charge is -2.28. The van der Waals surface area contributed by atoms with Crippen LogP contribution in [0, 0.1) is 0 Å². The summed E-state index contributed by atoms with van der Waals surface area (Å²) in [6.07, 6.45) is 1.43. The molecule has 1 aliphatic heterocycles. The molecule has 3 N–H and O–H groups in total. The summed E-state index contributed by atoms with van der Waals surface area (Å²) >= 11 is 0. The lowest BCUT2D eigenvalue weighted by Crippen LogP contribution is -2.45. The van der Waals surface area contributed by atoms with Crippen LogP contribution in [-0.4, -0.2) is 50.4 Å². The van der Waals surface area contributed by atoms with E-state index in [9.17, 15) is 19.2 Å². The normalized spacial score (nSPS) is 14.8. The molecular weight excluding hydrogens is 496 g/mol. The number of carbonyl (C=O) groups is 4. The van der Waals surface area contributed by atoms with Crippen molar-refractivity contribution in [2.75, 3.05) is 20.3 Å². The molecule has 0 spiro atoms. The number of hydrazone groups is 1. The molecule has 200 valence electrons. The summed E-state index contributed by atoms with van der Waals surface area (Å²) in [5.74, 6) is -0.526.